The Morgan fingerprint density at radius 3 is 2.57 bits per heavy atom. The number of esters is 1. The van der Waals surface area contributed by atoms with Crippen molar-refractivity contribution in [3.8, 4) is 0 Å². The number of carbonyl (C=O) groups excluding carboxylic acids is 3. The number of likely N-dealkylation sites (N-methyl/N-ethyl adjacent to an activating group) is 1. The van der Waals surface area contributed by atoms with Crippen molar-refractivity contribution in [1.29, 1.82) is 0 Å². The second kappa shape index (κ2) is 8.35. The molecule has 0 aromatic carbocycles. The summed E-state index contributed by atoms with van der Waals surface area (Å²) < 4.78 is 34.7. The second-order valence-electron chi connectivity index (χ2n) is 9.61. The Kier molecular flexibility index (Phi) is 5.80. The maximum atomic E-state index is 13.3. The first-order valence-corrected chi connectivity index (χ1v) is 11.8. The highest BCUT2D eigenvalue weighted by Crippen LogP contribution is 2.60. The van der Waals surface area contributed by atoms with Crippen LogP contribution in [0.2, 0.25) is 0 Å². The summed E-state index contributed by atoms with van der Waals surface area (Å²) in [5.41, 5.74) is 0.668. The monoisotopic (exact) mass is 489 g/mol. The molecule has 0 saturated carbocycles. The fraction of sp³-hybridized carbons (Fsp3) is 0.640. The molecule has 0 aromatic rings. The van der Waals surface area contributed by atoms with Crippen molar-refractivity contribution < 1.29 is 42.8 Å². The highest BCUT2D eigenvalue weighted by Gasteiger charge is 2.64. The van der Waals surface area contributed by atoms with E-state index in [4.69, 9.17) is 28.4 Å². The Morgan fingerprint density at radius 1 is 1.23 bits per heavy atom. The fourth-order valence-corrected chi connectivity index (χ4v) is 6.09. The lowest BCUT2D eigenvalue weighted by Gasteiger charge is -2.42. The molecule has 10 heteroatoms. The molecule has 190 valence electrons. The van der Waals surface area contributed by atoms with Gasteiger partial charge in [0.1, 0.15) is 6.10 Å². The highest BCUT2D eigenvalue weighted by atomic mass is 16.8. The minimum absolute atomic E-state index is 0.138. The van der Waals surface area contributed by atoms with Gasteiger partial charge in [0.05, 0.1) is 6.54 Å². The van der Waals surface area contributed by atoms with E-state index in [0.29, 0.717) is 24.1 Å². The first kappa shape index (κ1) is 24.3. The van der Waals surface area contributed by atoms with Crippen molar-refractivity contribution in [3.05, 3.63) is 35.5 Å². The molecule has 1 aliphatic carbocycles. The number of ketones is 1. The molecular weight excluding hydrogens is 458 g/mol. The largest absolute Gasteiger partial charge is 0.449 e. The quantitative estimate of drug-likeness (QED) is 0.296. The second-order valence-corrected chi connectivity index (χ2v) is 9.61. The van der Waals surface area contributed by atoms with Crippen LogP contribution in [-0.4, -0.2) is 92.0 Å². The predicted octanol–water partition coefficient (Wildman–Crippen LogP) is 1.19. The van der Waals surface area contributed by atoms with Crippen LogP contribution in [0.15, 0.2) is 35.5 Å². The molecule has 3 saturated heterocycles. The molecule has 4 aliphatic heterocycles. The third-order valence-corrected chi connectivity index (χ3v) is 7.97. The van der Waals surface area contributed by atoms with Crippen LogP contribution in [0.25, 0.3) is 0 Å². The summed E-state index contributed by atoms with van der Waals surface area (Å²) in [6.45, 7) is 12.3. The highest BCUT2D eigenvalue weighted by molar-refractivity contribution is 5.93. The van der Waals surface area contributed by atoms with Gasteiger partial charge in [-0.05, 0) is 49.0 Å². The number of nitrogens with zero attached hydrogens (tertiary/aromatic N) is 1. The lowest BCUT2D eigenvalue weighted by Crippen LogP contribution is -2.53. The minimum Gasteiger partial charge on any atom is -0.449 e. The molecule has 0 aromatic heterocycles. The van der Waals surface area contributed by atoms with E-state index >= 15 is 0 Å². The molecule has 4 bridgehead atoms. The number of ether oxygens (including phenoxy) is 6. The molecule has 0 N–H and O–H groups in total. The van der Waals surface area contributed by atoms with E-state index in [2.05, 4.69) is 13.2 Å². The average Bonchev–Trinajstić information content (AvgIpc) is 3.46. The summed E-state index contributed by atoms with van der Waals surface area (Å²) in [6.07, 6.45) is -3.47. The molecular formula is C25H31NO9. The first-order valence-electron chi connectivity index (χ1n) is 11.8. The summed E-state index contributed by atoms with van der Waals surface area (Å²) in [4.78, 5) is 40.5. The van der Waals surface area contributed by atoms with E-state index in [9.17, 15) is 14.4 Å². The Labute approximate surface area is 203 Å². The van der Waals surface area contributed by atoms with Gasteiger partial charge in [-0.15, -0.1) is 0 Å². The maximum Gasteiger partial charge on any atom is 0.339 e. The van der Waals surface area contributed by atoms with Crippen LogP contribution in [0.3, 0.4) is 0 Å². The van der Waals surface area contributed by atoms with Crippen molar-refractivity contribution in [2.75, 3.05) is 27.3 Å². The van der Waals surface area contributed by atoms with Crippen LogP contribution in [0.5, 0.6) is 0 Å². The SMILES string of the molecule is C=C1C(=C)[C@]2(C(OC)OC)O[C@H]1C1=C2CC[C@](OC(=O)[C@@H]2O[C@H]3CN(CC)C(=O)[C@@H]2O3)(C(C)=O)C1. The van der Waals surface area contributed by atoms with E-state index in [0.717, 1.165) is 11.1 Å². The molecule has 5 aliphatic rings. The van der Waals surface area contributed by atoms with E-state index < -0.39 is 48.1 Å². The molecule has 0 unspecified atom stereocenters. The van der Waals surface area contributed by atoms with Gasteiger partial charge in [-0.2, -0.15) is 0 Å². The van der Waals surface area contributed by atoms with Crippen molar-refractivity contribution in [2.45, 2.75) is 75.2 Å². The third kappa shape index (κ3) is 3.24. The smallest absolute Gasteiger partial charge is 0.339 e. The topological polar surface area (TPSA) is 110 Å². The van der Waals surface area contributed by atoms with Gasteiger partial charge in [-0.3, -0.25) is 9.59 Å². The Bertz CT molecular complexity index is 1050. The standard InChI is InChI=1S/C25H31NO9/c1-7-26-11-17-32-19(21(26)28)20(33-17)22(29)35-24(14(4)27)9-8-16-15(10-24)18-12(2)13(3)25(16,34-18)23(30-5)31-6/h17-20,23H,2-3,7-11H2,1,4-6H3/t17-,18+,19+,20+,24+,25-/m0/s1. The van der Waals surface area contributed by atoms with E-state index in [-0.39, 0.29) is 31.1 Å². The summed E-state index contributed by atoms with van der Waals surface area (Å²) in [7, 11) is 3.05. The first-order chi connectivity index (χ1) is 16.6. The van der Waals surface area contributed by atoms with Gasteiger partial charge in [-0.25, -0.2) is 4.79 Å². The molecule has 5 rings (SSSR count). The average molecular weight is 490 g/mol. The van der Waals surface area contributed by atoms with E-state index in [1.54, 1.807) is 4.90 Å². The zero-order valence-corrected chi connectivity index (χ0v) is 20.5. The lowest BCUT2D eigenvalue weighted by atomic mass is 9.67. The van der Waals surface area contributed by atoms with Gasteiger partial charge in [0.15, 0.2) is 41.8 Å². The molecule has 1 amide bonds. The number of rotatable bonds is 7. The molecule has 6 atom stereocenters. The lowest BCUT2D eigenvalue weighted by molar-refractivity contribution is -0.193. The van der Waals surface area contributed by atoms with Gasteiger partial charge in [0, 0.05) is 27.2 Å². The number of hydrogen-bond acceptors (Lipinski definition) is 9. The minimum atomic E-state index is -1.42. The Hall–Kier alpha value is -2.37. The van der Waals surface area contributed by atoms with E-state index in [1.165, 1.54) is 21.1 Å². The normalized spacial score (nSPS) is 38.0. The Morgan fingerprint density at radius 2 is 1.94 bits per heavy atom. The van der Waals surface area contributed by atoms with Crippen LogP contribution >= 0.6 is 0 Å². The van der Waals surface area contributed by atoms with Crippen molar-refractivity contribution in [3.63, 3.8) is 0 Å². The van der Waals surface area contributed by atoms with Crippen LogP contribution in [0.4, 0.5) is 0 Å². The number of amides is 1. The van der Waals surface area contributed by atoms with Crippen molar-refractivity contribution >= 4 is 17.7 Å². The molecule has 0 spiro atoms. The molecule has 4 heterocycles. The van der Waals surface area contributed by atoms with Crippen LogP contribution in [-0.2, 0) is 42.8 Å². The molecule has 0 radical (unpaired) electrons. The van der Waals surface area contributed by atoms with Crippen molar-refractivity contribution in [2.24, 2.45) is 0 Å². The number of Topliss-reactive ketones (excluding diaryl/α,β-unsaturated/α-hetero) is 1. The maximum absolute atomic E-state index is 13.3. The van der Waals surface area contributed by atoms with Crippen LogP contribution < -0.4 is 0 Å². The van der Waals surface area contributed by atoms with Gasteiger partial charge < -0.3 is 33.3 Å². The zero-order chi connectivity index (χ0) is 25.3. The van der Waals surface area contributed by atoms with Crippen LogP contribution in [0.1, 0.15) is 33.1 Å². The predicted molar refractivity (Wildman–Crippen MR) is 120 cm³/mol. The number of fused-ring (bicyclic) bond motifs is 6. The summed E-state index contributed by atoms with van der Waals surface area (Å²) in [6, 6.07) is 0. The summed E-state index contributed by atoms with van der Waals surface area (Å²) >= 11 is 0. The van der Waals surface area contributed by atoms with Gasteiger partial charge in [0.25, 0.3) is 5.91 Å². The number of morpholine rings is 1. The zero-order valence-electron chi connectivity index (χ0n) is 20.5. The van der Waals surface area contributed by atoms with E-state index in [1.807, 2.05) is 6.92 Å². The van der Waals surface area contributed by atoms with Gasteiger partial charge in [0.2, 0.25) is 0 Å². The van der Waals surface area contributed by atoms with Gasteiger partial charge in [-0.1, -0.05) is 13.2 Å². The van der Waals surface area contributed by atoms with Crippen LogP contribution in [0, 0.1) is 0 Å². The third-order valence-electron chi connectivity index (χ3n) is 7.97. The van der Waals surface area contributed by atoms with Gasteiger partial charge >= 0.3 is 5.97 Å². The molecule has 10 nitrogen and oxygen atoms in total. The number of methoxy groups -OCH3 is 2. The summed E-state index contributed by atoms with van der Waals surface area (Å²) in [5, 5.41) is 0. The summed E-state index contributed by atoms with van der Waals surface area (Å²) in [5.74, 6) is -1.40. The number of hydrogen-bond donors (Lipinski definition) is 0. The fourth-order valence-electron chi connectivity index (χ4n) is 6.09. The molecule has 35 heavy (non-hydrogen) atoms. The number of carbonyl (C=O) groups is 3. The molecule has 3 fully saturated rings. The Balaban J connectivity index is 1.43. The van der Waals surface area contributed by atoms with Crippen molar-refractivity contribution in [1.82, 2.24) is 4.90 Å².